The maximum atomic E-state index is 12.2. The summed E-state index contributed by atoms with van der Waals surface area (Å²) in [5.41, 5.74) is 6.21. The summed E-state index contributed by atoms with van der Waals surface area (Å²) in [4.78, 5) is 13.5. The van der Waals surface area contributed by atoms with Gasteiger partial charge in [0.2, 0.25) is 5.91 Å². The van der Waals surface area contributed by atoms with Crippen LogP contribution in [0.1, 0.15) is 19.4 Å². The van der Waals surface area contributed by atoms with Crippen molar-refractivity contribution < 1.29 is 22.7 Å². The van der Waals surface area contributed by atoms with E-state index in [1.807, 2.05) is 0 Å². The monoisotopic (exact) mass is 340 g/mol. The zero-order valence-electron chi connectivity index (χ0n) is 12.6. The highest BCUT2D eigenvalue weighted by Crippen LogP contribution is 2.23. The molecule has 22 heavy (non-hydrogen) atoms. The molecular formula is C14H20ClF3N2O2. The number of rotatable bonds is 5. The first-order chi connectivity index (χ1) is 9.60. The Morgan fingerprint density at radius 1 is 1.36 bits per heavy atom. The second-order valence-electron chi connectivity index (χ2n) is 5.04. The van der Waals surface area contributed by atoms with Crippen LogP contribution < -0.4 is 10.5 Å². The highest BCUT2D eigenvalue weighted by atomic mass is 35.5. The van der Waals surface area contributed by atoms with Gasteiger partial charge in [-0.1, -0.05) is 19.1 Å². The molecule has 1 amide bonds. The van der Waals surface area contributed by atoms with E-state index in [0.717, 1.165) is 0 Å². The Hall–Kier alpha value is -1.47. The van der Waals surface area contributed by atoms with Gasteiger partial charge >= 0.3 is 6.36 Å². The minimum atomic E-state index is -4.73. The van der Waals surface area contributed by atoms with Crippen LogP contribution in [-0.2, 0) is 11.3 Å². The number of hydrogen-bond acceptors (Lipinski definition) is 3. The number of nitrogens with zero attached hydrogens (tertiary/aromatic N) is 1. The van der Waals surface area contributed by atoms with Gasteiger partial charge in [-0.25, -0.2) is 0 Å². The van der Waals surface area contributed by atoms with Gasteiger partial charge in [-0.2, -0.15) is 0 Å². The smallest absolute Gasteiger partial charge is 0.406 e. The summed E-state index contributed by atoms with van der Waals surface area (Å²) < 4.78 is 40.3. The molecule has 2 N–H and O–H groups in total. The van der Waals surface area contributed by atoms with Gasteiger partial charge in [0.15, 0.2) is 0 Å². The third kappa shape index (κ3) is 6.53. The van der Waals surface area contributed by atoms with Crippen molar-refractivity contribution in [3.8, 4) is 5.75 Å². The Labute approximate surface area is 133 Å². The summed E-state index contributed by atoms with van der Waals surface area (Å²) in [7, 11) is 1.58. The summed E-state index contributed by atoms with van der Waals surface area (Å²) in [5.74, 6) is -0.821. The Bertz CT molecular complexity index is 495. The molecule has 2 unspecified atom stereocenters. The van der Waals surface area contributed by atoms with Gasteiger partial charge in [-0.3, -0.25) is 4.79 Å². The molecule has 0 saturated carbocycles. The van der Waals surface area contributed by atoms with Gasteiger partial charge in [0.1, 0.15) is 5.75 Å². The molecule has 0 radical (unpaired) electrons. The van der Waals surface area contributed by atoms with Crippen LogP contribution in [0.25, 0.3) is 0 Å². The molecule has 4 nitrogen and oxygen atoms in total. The van der Waals surface area contributed by atoms with E-state index in [9.17, 15) is 18.0 Å². The average Bonchev–Trinajstić information content (AvgIpc) is 2.35. The summed E-state index contributed by atoms with van der Waals surface area (Å²) in [5, 5.41) is 0. The molecule has 0 bridgehead atoms. The number of benzene rings is 1. The number of amides is 1. The molecule has 0 spiro atoms. The lowest BCUT2D eigenvalue weighted by molar-refractivity contribution is -0.274. The van der Waals surface area contributed by atoms with Crippen LogP contribution in [0.2, 0.25) is 0 Å². The number of ether oxygens (including phenoxy) is 1. The number of alkyl halides is 3. The highest BCUT2D eigenvalue weighted by molar-refractivity contribution is 5.85. The zero-order chi connectivity index (χ0) is 16.2. The molecule has 8 heteroatoms. The molecular weight excluding hydrogens is 321 g/mol. The molecule has 0 heterocycles. The van der Waals surface area contributed by atoms with E-state index in [1.165, 1.54) is 23.1 Å². The molecule has 0 aromatic heterocycles. The lowest BCUT2D eigenvalue weighted by Crippen LogP contribution is -2.39. The van der Waals surface area contributed by atoms with Crippen molar-refractivity contribution >= 4 is 18.3 Å². The standard InChI is InChI=1S/C14H19F3N2O2.ClH/c1-9(10(2)18)13(20)19(3)8-11-5-4-6-12(7-11)21-14(15,16)17;/h4-7,9-10H,8,18H2,1-3H3;1H. The van der Waals surface area contributed by atoms with E-state index in [0.29, 0.717) is 5.56 Å². The Kier molecular flexibility index (Phi) is 7.69. The largest absolute Gasteiger partial charge is 0.573 e. The SMILES string of the molecule is CC(N)C(C)C(=O)N(C)Cc1cccc(OC(F)(F)F)c1.Cl. The van der Waals surface area contributed by atoms with E-state index in [1.54, 1.807) is 27.0 Å². The highest BCUT2D eigenvalue weighted by Gasteiger charge is 2.31. The van der Waals surface area contributed by atoms with Gasteiger partial charge < -0.3 is 15.4 Å². The van der Waals surface area contributed by atoms with Crippen LogP contribution >= 0.6 is 12.4 Å². The number of halogens is 4. The lowest BCUT2D eigenvalue weighted by atomic mass is 10.0. The predicted octanol–water partition coefficient (Wildman–Crippen LogP) is 2.95. The van der Waals surface area contributed by atoms with Crippen LogP contribution in [0.3, 0.4) is 0 Å². The fourth-order valence-electron chi connectivity index (χ4n) is 1.77. The molecule has 0 aliphatic rings. The number of nitrogens with two attached hydrogens (primary N) is 1. The third-order valence-electron chi connectivity index (χ3n) is 3.11. The summed E-state index contributed by atoms with van der Waals surface area (Å²) in [6.45, 7) is 3.63. The van der Waals surface area contributed by atoms with Crippen molar-refractivity contribution in [2.45, 2.75) is 32.8 Å². The van der Waals surface area contributed by atoms with Gasteiger partial charge in [0.05, 0.1) is 5.92 Å². The van der Waals surface area contributed by atoms with Crippen LogP contribution in [0, 0.1) is 5.92 Å². The molecule has 0 saturated heterocycles. The van der Waals surface area contributed by atoms with Crippen molar-refractivity contribution in [2.24, 2.45) is 11.7 Å². The maximum Gasteiger partial charge on any atom is 0.573 e. The van der Waals surface area contributed by atoms with E-state index < -0.39 is 6.36 Å². The maximum absolute atomic E-state index is 12.2. The average molecular weight is 341 g/mol. The fraction of sp³-hybridized carbons (Fsp3) is 0.500. The van der Waals surface area contributed by atoms with Gasteiger partial charge in [0.25, 0.3) is 0 Å². The molecule has 2 atom stereocenters. The number of carbonyl (C=O) groups excluding carboxylic acids is 1. The topological polar surface area (TPSA) is 55.6 Å². The van der Waals surface area contributed by atoms with Crippen molar-refractivity contribution in [2.75, 3.05) is 7.05 Å². The minimum absolute atomic E-state index is 0. The summed E-state index contributed by atoms with van der Waals surface area (Å²) in [6, 6.07) is 5.25. The number of carbonyl (C=O) groups is 1. The predicted molar refractivity (Wildman–Crippen MR) is 79.7 cm³/mol. The zero-order valence-corrected chi connectivity index (χ0v) is 13.4. The first-order valence-corrected chi connectivity index (χ1v) is 6.45. The summed E-state index contributed by atoms with van der Waals surface area (Å²) >= 11 is 0. The molecule has 126 valence electrons. The quantitative estimate of drug-likeness (QED) is 0.896. The van der Waals surface area contributed by atoms with Crippen molar-refractivity contribution in [3.63, 3.8) is 0 Å². The normalized spacial score (nSPS) is 13.8. The van der Waals surface area contributed by atoms with Crippen molar-refractivity contribution in [3.05, 3.63) is 29.8 Å². The van der Waals surface area contributed by atoms with Crippen LogP contribution in [0.5, 0.6) is 5.75 Å². The fourth-order valence-corrected chi connectivity index (χ4v) is 1.77. The van der Waals surface area contributed by atoms with Crippen LogP contribution in [-0.4, -0.2) is 30.3 Å². The molecule has 1 aromatic rings. The van der Waals surface area contributed by atoms with Gasteiger partial charge in [-0.05, 0) is 24.6 Å². The molecule has 1 rings (SSSR count). The number of hydrogen-bond donors (Lipinski definition) is 1. The first-order valence-electron chi connectivity index (χ1n) is 6.45. The van der Waals surface area contributed by atoms with E-state index in [-0.39, 0.29) is 42.6 Å². The Morgan fingerprint density at radius 2 is 1.95 bits per heavy atom. The lowest BCUT2D eigenvalue weighted by Gasteiger charge is -2.23. The van der Waals surface area contributed by atoms with E-state index in [2.05, 4.69) is 4.74 Å². The third-order valence-corrected chi connectivity index (χ3v) is 3.11. The minimum Gasteiger partial charge on any atom is -0.406 e. The molecule has 0 aliphatic carbocycles. The van der Waals surface area contributed by atoms with Crippen molar-refractivity contribution in [1.29, 1.82) is 0 Å². The van der Waals surface area contributed by atoms with Gasteiger partial charge in [-0.15, -0.1) is 25.6 Å². The van der Waals surface area contributed by atoms with Crippen molar-refractivity contribution in [1.82, 2.24) is 4.90 Å². The first kappa shape index (κ1) is 20.5. The van der Waals surface area contributed by atoms with E-state index >= 15 is 0 Å². The molecule has 0 aliphatic heterocycles. The molecule has 1 aromatic carbocycles. The molecule has 0 fully saturated rings. The van der Waals surface area contributed by atoms with E-state index in [4.69, 9.17) is 5.73 Å². The Balaban J connectivity index is 0.00000441. The van der Waals surface area contributed by atoms with Crippen LogP contribution in [0.4, 0.5) is 13.2 Å². The second-order valence-corrected chi connectivity index (χ2v) is 5.04. The van der Waals surface area contributed by atoms with Gasteiger partial charge in [0, 0.05) is 19.6 Å². The van der Waals surface area contributed by atoms with Crippen LogP contribution in [0.15, 0.2) is 24.3 Å². The second kappa shape index (κ2) is 8.24. The Morgan fingerprint density at radius 3 is 2.45 bits per heavy atom. The summed E-state index contributed by atoms with van der Waals surface area (Å²) in [6.07, 6.45) is -4.73.